The fraction of sp³-hybridized carbons (Fsp3) is 0.333. The number of nitrogens with zero attached hydrogens (tertiary/aromatic N) is 3. The van der Waals surface area contributed by atoms with Gasteiger partial charge in [0, 0.05) is 5.56 Å². The van der Waals surface area contributed by atoms with Crippen molar-refractivity contribution in [2.75, 3.05) is 32.8 Å². The van der Waals surface area contributed by atoms with Crippen molar-refractivity contribution in [3.05, 3.63) is 58.1 Å². The summed E-state index contributed by atoms with van der Waals surface area (Å²) in [5.41, 5.74) is 0.709. The first-order chi connectivity index (χ1) is 18.3. The molecule has 3 aromatic rings. The number of hydrogen-bond donors (Lipinski definition) is 1. The lowest BCUT2D eigenvalue weighted by Crippen LogP contribution is -2.29. The topological polar surface area (TPSA) is 120 Å². The molecule has 0 unspecified atom stereocenters. The van der Waals surface area contributed by atoms with Crippen molar-refractivity contribution in [1.82, 2.24) is 10.2 Å². The minimum Gasteiger partial charge on any atom is -0.507 e. The maximum atomic E-state index is 13.4. The van der Waals surface area contributed by atoms with Crippen molar-refractivity contribution >= 4 is 33.9 Å². The minimum atomic E-state index is -1.03. The Labute approximate surface area is 224 Å². The molecule has 0 spiro atoms. The maximum absolute atomic E-state index is 13.4. The molecule has 1 N–H and O–H groups in total. The molecule has 0 saturated carbocycles. The van der Waals surface area contributed by atoms with Gasteiger partial charge in [-0.05, 0) is 55.3 Å². The molecule has 1 amide bonds. The van der Waals surface area contributed by atoms with Gasteiger partial charge in [0.25, 0.3) is 5.78 Å². The molecule has 4 rings (SSSR count). The van der Waals surface area contributed by atoms with E-state index in [4.69, 9.17) is 18.9 Å². The van der Waals surface area contributed by atoms with Gasteiger partial charge in [0.1, 0.15) is 16.5 Å². The summed E-state index contributed by atoms with van der Waals surface area (Å²) in [5, 5.41) is 20.3. The van der Waals surface area contributed by atoms with Crippen LogP contribution in [0.5, 0.6) is 23.0 Å². The average Bonchev–Trinajstić information content (AvgIpc) is 3.47. The van der Waals surface area contributed by atoms with Gasteiger partial charge >= 0.3 is 5.91 Å². The van der Waals surface area contributed by atoms with E-state index >= 15 is 0 Å². The predicted molar refractivity (Wildman–Crippen MR) is 142 cm³/mol. The van der Waals surface area contributed by atoms with Crippen LogP contribution in [0, 0.1) is 6.92 Å². The second kappa shape index (κ2) is 11.5. The van der Waals surface area contributed by atoms with Crippen LogP contribution in [-0.4, -0.2) is 54.9 Å². The number of carbonyl (C=O) groups is 2. The molecule has 1 aromatic heterocycles. The summed E-state index contributed by atoms with van der Waals surface area (Å²) < 4.78 is 22.1. The summed E-state index contributed by atoms with van der Waals surface area (Å²) in [5.74, 6) is -0.365. The third kappa shape index (κ3) is 5.01. The van der Waals surface area contributed by atoms with Crippen LogP contribution in [0.2, 0.25) is 0 Å². The number of aromatic nitrogens is 2. The van der Waals surface area contributed by atoms with Crippen LogP contribution in [0.4, 0.5) is 5.13 Å². The number of aliphatic hydroxyl groups is 1. The van der Waals surface area contributed by atoms with Crippen molar-refractivity contribution < 1.29 is 33.6 Å². The smallest absolute Gasteiger partial charge is 0.301 e. The molecule has 1 aliphatic heterocycles. The normalized spacial score (nSPS) is 16.6. The number of methoxy groups -OCH3 is 3. The minimum absolute atomic E-state index is 0.100. The average molecular weight is 540 g/mol. The molecule has 1 aliphatic rings. The largest absolute Gasteiger partial charge is 0.507 e. The third-order valence-corrected chi connectivity index (χ3v) is 6.90. The van der Waals surface area contributed by atoms with Crippen molar-refractivity contribution in [3.8, 4) is 23.0 Å². The zero-order chi connectivity index (χ0) is 27.4. The lowest BCUT2D eigenvalue weighted by molar-refractivity contribution is -0.132. The first-order valence-corrected chi connectivity index (χ1v) is 12.8. The predicted octanol–water partition coefficient (Wildman–Crippen LogP) is 4.68. The fourth-order valence-corrected chi connectivity index (χ4v) is 4.90. The molecule has 10 nitrogen and oxygen atoms in total. The van der Waals surface area contributed by atoms with E-state index in [0.29, 0.717) is 45.7 Å². The van der Waals surface area contributed by atoms with E-state index in [1.807, 2.05) is 0 Å². The number of ketones is 1. The van der Waals surface area contributed by atoms with Crippen molar-refractivity contribution in [2.24, 2.45) is 0 Å². The second-order valence-electron chi connectivity index (χ2n) is 8.46. The lowest BCUT2D eigenvalue weighted by Gasteiger charge is -2.24. The number of unbranched alkanes of at least 4 members (excludes halogenated alkanes) is 1. The van der Waals surface area contributed by atoms with Crippen LogP contribution in [0.15, 0.2) is 42.0 Å². The van der Waals surface area contributed by atoms with Gasteiger partial charge in [-0.3, -0.25) is 14.5 Å². The number of aryl methyl sites for hydroxylation is 1. The molecule has 0 aliphatic carbocycles. The van der Waals surface area contributed by atoms with Crippen molar-refractivity contribution in [2.45, 2.75) is 32.7 Å². The number of aliphatic hydroxyl groups excluding tert-OH is 1. The van der Waals surface area contributed by atoms with Gasteiger partial charge in [0.05, 0.1) is 39.6 Å². The molecular formula is C27H29N3O7S. The highest BCUT2D eigenvalue weighted by atomic mass is 32.1. The lowest BCUT2D eigenvalue weighted by atomic mass is 9.94. The molecular weight excluding hydrogens is 510 g/mol. The van der Waals surface area contributed by atoms with Gasteiger partial charge in [0.15, 0.2) is 11.5 Å². The van der Waals surface area contributed by atoms with Gasteiger partial charge in [-0.1, -0.05) is 24.7 Å². The molecule has 38 heavy (non-hydrogen) atoms. The number of amides is 1. The summed E-state index contributed by atoms with van der Waals surface area (Å²) in [6.07, 6.45) is 1.93. The van der Waals surface area contributed by atoms with Crippen molar-refractivity contribution in [1.29, 1.82) is 0 Å². The molecule has 11 heteroatoms. The van der Waals surface area contributed by atoms with Crippen molar-refractivity contribution in [3.63, 3.8) is 0 Å². The highest BCUT2D eigenvalue weighted by molar-refractivity contribution is 7.15. The van der Waals surface area contributed by atoms with Crippen LogP contribution in [-0.2, 0) is 9.59 Å². The Hall–Kier alpha value is -4.12. The second-order valence-corrected chi connectivity index (χ2v) is 9.62. The van der Waals surface area contributed by atoms with Gasteiger partial charge in [-0.15, -0.1) is 10.2 Å². The monoisotopic (exact) mass is 539 g/mol. The summed E-state index contributed by atoms with van der Waals surface area (Å²) in [6, 6.07) is 8.95. The quantitative estimate of drug-likeness (QED) is 0.169. The third-order valence-electron chi connectivity index (χ3n) is 6.06. The highest BCUT2D eigenvalue weighted by Gasteiger charge is 2.48. The highest BCUT2D eigenvalue weighted by Crippen LogP contribution is 2.47. The van der Waals surface area contributed by atoms with Crippen LogP contribution in [0.1, 0.15) is 41.9 Å². The maximum Gasteiger partial charge on any atom is 0.301 e. The molecule has 0 radical (unpaired) electrons. The fourth-order valence-electron chi connectivity index (χ4n) is 4.19. The van der Waals surface area contributed by atoms with Crippen LogP contribution < -0.4 is 23.8 Å². The van der Waals surface area contributed by atoms with Crippen LogP contribution in [0.3, 0.4) is 0 Å². The van der Waals surface area contributed by atoms with Crippen LogP contribution in [0.25, 0.3) is 5.76 Å². The molecule has 1 saturated heterocycles. The zero-order valence-corrected chi connectivity index (χ0v) is 22.6. The standard InChI is InChI=1S/C27H29N3O7S/c1-6-7-12-37-18-10-8-16(9-11-18)23(31)21-22(17-13-19(34-3)25(36-5)20(14-17)35-4)30(26(33)24(21)32)27-29-28-15(2)38-27/h8-11,13-14,22,31H,6-7,12H2,1-5H3/t22-/m0/s1. The van der Waals surface area contributed by atoms with Gasteiger partial charge in [-0.25, -0.2) is 0 Å². The SMILES string of the molecule is CCCCOc1ccc(C(O)=C2C(=O)C(=O)N(c3nnc(C)s3)[C@H]2c2cc(OC)c(OC)c(OC)c2)cc1. The molecule has 0 bridgehead atoms. The summed E-state index contributed by atoms with van der Waals surface area (Å²) in [7, 11) is 4.41. The Morgan fingerprint density at radius 1 is 1.03 bits per heavy atom. The number of ether oxygens (including phenoxy) is 4. The van der Waals surface area contributed by atoms with Gasteiger partial charge in [-0.2, -0.15) is 0 Å². The summed E-state index contributed by atoms with van der Waals surface area (Å²) in [6.45, 7) is 4.40. The number of anilines is 1. The summed E-state index contributed by atoms with van der Waals surface area (Å²) in [4.78, 5) is 28.0. The Bertz CT molecular complexity index is 1340. The Morgan fingerprint density at radius 2 is 1.68 bits per heavy atom. The van der Waals surface area contributed by atoms with Crippen LogP contribution >= 0.6 is 11.3 Å². The number of hydrogen-bond acceptors (Lipinski definition) is 10. The molecule has 2 heterocycles. The first kappa shape index (κ1) is 26.9. The molecule has 200 valence electrons. The van der Waals surface area contributed by atoms with Gasteiger partial charge in [0.2, 0.25) is 10.9 Å². The van der Waals surface area contributed by atoms with E-state index < -0.39 is 17.7 Å². The van der Waals surface area contributed by atoms with E-state index in [2.05, 4.69) is 17.1 Å². The van der Waals surface area contributed by atoms with Gasteiger partial charge < -0.3 is 24.1 Å². The van der Waals surface area contributed by atoms with E-state index in [0.717, 1.165) is 24.2 Å². The number of rotatable bonds is 10. The number of Topliss-reactive ketones (excluding diaryl/α,β-unsaturated/α-hetero) is 1. The molecule has 1 atom stereocenters. The van der Waals surface area contributed by atoms with E-state index in [9.17, 15) is 14.7 Å². The Kier molecular flexibility index (Phi) is 8.16. The van der Waals surface area contributed by atoms with E-state index in [-0.39, 0.29) is 16.5 Å². The molecule has 2 aromatic carbocycles. The first-order valence-electron chi connectivity index (χ1n) is 12.0. The van der Waals surface area contributed by atoms with E-state index in [1.54, 1.807) is 43.3 Å². The van der Waals surface area contributed by atoms with E-state index in [1.165, 1.54) is 26.2 Å². The Balaban J connectivity index is 1.88. The molecule has 1 fully saturated rings. The number of carbonyl (C=O) groups excluding carboxylic acids is 2. The summed E-state index contributed by atoms with van der Waals surface area (Å²) >= 11 is 1.16. The zero-order valence-electron chi connectivity index (χ0n) is 21.8. The Morgan fingerprint density at radius 3 is 2.21 bits per heavy atom. The number of benzene rings is 2.